The highest BCUT2D eigenvalue weighted by atomic mass is 19.1. The molecule has 1 atom stereocenters. The molecule has 0 bridgehead atoms. The molecule has 2 aliphatic heterocycles. The Morgan fingerprint density at radius 1 is 1.02 bits per heavy atom. The number of likely N-dealkylation sites (tertiary alicyclic amines) is 1. The summed E-state index contributed by atoms with van der Waals surface area (Å²) in [5.41, 5.74) is 9.64. The van der Waals surface area contributed by atoms with E-state index >= 15 is 0 Å². The van der Waals surface area contributed by atoms with E-state index in [1.807, 2.05) is 37.4 Å². The zero-order valence-corrected chi connectivity index (χ0v) is 23.8. The number of nitrogens with zero attached hydrogens (tertiary/aromatic N) is 6. The van der Waals surface area contributed by atoms with Crippen LogP contribution < -0.4 is 15.2 Å². The number of aromatic nitrogens is 5. The Hall–Kier alpha value is -4.61. The summed E-state index contributed by atoms with van der Waals surface area (Å²) >= 11 is 0. The fourth-order valence-corrected chi connectivity index (χ4v) is 5.72. The maximum absolute atomic E-state index is 14.4. The average Bonchev–Trinajstić information content (AvgIpc) is 3.37. The van der Waals surface area contributed by atoms with E-state index in [1.54, 1.807) is 24.7 Å². The summed E-state index contributed by atoms with van der Waals surface area (Å²) in [4.78, 5) is 20.3. The Morgan fingerprint density at radius 3 is 2.58 bits per heavy atom. The van der Waals surface area contributed by atoms with Gasteiger partial charge in [-0.05, 0) is 50.6 Å². The maximum atomic E-state index is 14.4. The number of piperidine rings is 1. The summed E-state index contributed by atoms with van der Waals surface area (Å²) in [5, 5.41) is 0. The molecular formula is C32H32FN7O3. The first-order valence-electron chi connectivity index (χ1n) is 14.4. The molecule has 2 fully saturated rings. The molecule has 2 saturated heterocycles. The van der Waals surface area contributed by atoms with Gasteiger partial charge in [0.2, 0.25) is 0 Å². The summed E-state index contributed by atoms with van der Waals surface area (Å²) in [6, 6.07) is 12.3. The zero-order valence-electron chi connectivity index (χ0n) is 23.8. The lowest BCUT2D eigenvalue weighted by Crippen LogP contribution is -2.52. The van der Waals surface area contributed by atoms with Crippen LogP contribution in [-0.4, -0.2) is 61.6 Å². The lowest BCUT2D eigenvalue weighted by atomic mass is 9.95. The van der Waals surface area contributed by atoms with Crippen LogP contribution in [0.25, 0.3) is 16.8 Å². The predicted octanol–water partition coefficient (Wildman–Crippen LogP) is 5.17. The van der Waals surface area contributed by atoms with Crippen LogP contribution in [0.5, 0.6) is 17.2 Å². The Bertz CT molecular complexity index is 1740. The monoisotopic (exact) mass is 581 g/mol. The molecule has 0 aliphatic carbocycles. The topological polar surface area (TPSA) is 113 Å². The zero-order chi connectivity index (χ0) is 29.3. The Balaban J connectivity index is 1.11. The second-order valence-electron chi connectivity index (χ2n) is 11.1. The number of ether oxygens (including phenoxy) is 3. The first-order valence-corrected chi connectivity index (χ1v) is 14.4. The van der Waals surface area contributed by atoms with Gasteiger partial charge in [0.15, 0.2) is 0 Å². The van der Waals surface area contributed by atoms with Crippen LogP contribution in [0, 0.1) is 12.7 Å². The van der Waals surface area contributed by atoms with Crippen molar-refractivity contribution < 1.29 is 18.6 Å². The van der Waals surface area contributed by atoms with Gasteiger partial charge in [-0.1, -0.05) is 0 Å². The van der Waals surface area contributed by atoms with Crippen LogP contribution in [0.15, 0.2) is 67.3 Å². The Kier molecular flexibility index (Phi) is 7.33. The van der Waals surface area contributed by atoms with Crippen molar-refractivity contribution in [3.05, 3.63) is 90.3 Å². The van der Waals surface area contributed by atoms with Gasteiger partial charge in [-0.3, -0.25) is 9.30 Å². The minimum absolute atomic E-state index is 0.213. The van der Waals surface area contributed by atoms with Gasteiger partial charge in [0.05, 0.1) is 19.3 Å². The molecule has 5 heterocycles. The van der Waals surface area contributed by atoms with Crippen molar-refractivity contribution in [1.29, 1.82) is 0 Å². The summed E-state index contributed by atoms with van der Waals surface area (Å²) < 4.78 is 33.7. The van der Waals surface area contributed by atoms with Gasteiger partial charge in [0.25, 0.3) is 0 Å². The lowest BCUT2D eigenvalue weighted by Gasteiger charge is -2.41. The molecule has 2 aromatic carbocycles. The van der Waals surface area contributed by atoms with Gasteiger partial charge >= 0.3 is 0 Å². The minimum atomic E-state index is -0.463. The number of halogens is 1. The molecule has 0 saturated carbocycles. The molecule has 5 aromatic rings. The number of benzene rings is 2. The van der Waals surface area contributed by atoms with Gasteiger partial charge in [0.1, 0.15) is 58.3 Å². The summed E-state index contributed by atoms with van der Waals surface area (Å²) in [7, 11) is 0. The van der Waals surface area contributed by atoms with Gasteiger partial charge in [-0.25, -0.2) is 24.3 Å². The van der Waals surface area contributed by atoms with Crippen molar-refractivity contribution in [3.63, 3.8) is 0 Å². The van der Waals surface area contributed by atoms with Crippen molar-refractivity contribution in [2.24, 2.45) is 0 Å². The Morgan fingerprint density at radius 2 is 1.81 bits per heavy atom. The van der Waals surface area contributed by atoms with Crippen LogP contribution in [0.2, 0.25) is 0 Å². The Labute approximate surface area is 248 Å². The van der Waals surface area contributed by atoms with E-state index in [-0.39, 0.29) is 12.5 Å². The first kappa shape index (κ1) is 27.2. The fraction of sp³-hybridized carbons (Fsp3) is 0.312. The number of nitrogen functional groups attached to an aromatic ring is 1. The fourth-order valence-electron chi connectivity index (χ4n) is 5.72. The van der Waals surface area contributed by atoms with Crippen LogP contribution >= 0.6 is 0 Å². The first-order chi connectivity index (χ1) is 21.0. The van der Waals surface area contributed by atoms with E-state index in [1.165, 1.54) is 12.1 Å². The number of aryl methyl sites for hydroxylation is 1. The van der Waals surface area contributed by atoms with Crippen molar-refractivity contribution in [2.75, 3.05) is 32.0 Å². The molecule has 2 aliphatic rings. The van der Waals surface area contributed by atoms with Gasteiger partial charge < -0.3 is 19.9 Å². The third-order valence-electron chi connectivity index (χ3n) is 8.01. The number of hydrogen-bond acceptors (Lipinski definition) is 9. The van der Waals surface area contributed by atoms with Crippen molar-refractivity contribution in [3.8, 4) is 28.5 Å². The molecule has 0 spiro atoms. The highest BCUT2D eigenvalue weighted by Gasteiger charge is 2.33. The number of fused-ring (bicyclic) bond motifs is 1. The van der Waals surface area contributed by atoms with Crippen molar-refractivity contribution >= 4 is 11.3 Å². The number of nitrogens with two attached hydrogens (primary N) is 1. The van der Waals surface area contributed by atoms with Crippen LogP contribution in [0.4, 0.5) is 10.2 Å². The van der Waals surface area contributed by atoms with E-state index in [2.05, 4.69) is 24.3 Å². The molecule has 43 heavy (non-hydrogen) atoms. The molecule has 11 heteroatoms. The number of imidazole rings is 1. The lowest BCUT2D eigenvalue weighted by molar-refractivity contribution is -0.0725. The largest absolute Gasteiger partial charge is 0.489 e. The summed E-state index contributed by atoms with van der Waals surface area (Å²) in [6.45, 7) is 5.67. The van der Waals surface area contributed by atoms with E-state index in [4.69, 9.17) is 24.9 Å². The summed E-state index contributed by atoms with van der Waals surface area (Å²) in [5.74, 6) is 3.14. The number of hydrogen-bond donors (Lipinski definition) is 1. The van der Waals surface area contributed by atoms with Gasteiger partial charge in [-0.2, -0.15) is 0 Å². The second-order valence-corrected chi connectivity index (χ2v) is 11.1. The molecular weight excluding hydrogens is 549 g/mol. The molecule has 0 amide bonds. The van der Waals surface area contributed by atoms with E-state index in [9.17, 15) is 4.39 Å². The van der Waals surface area contributed by atoms with Crippen LogP contribution in [0.3, 0.4) is 0 Å². The average molecular weight is 582 g/mol. The molecule has 7 rings (SSSR count). The minimum Gasteiger partial charge on any atom is -0.489 e. The van der Waals surface area contributed by atoms with Crippen LogP contribution in [-0.2, 0) is 11.3 Å². The van der Waals surface area contributed by atoms with Gasteiger partial charge in [0, 0.05) is 66.6 Å². The second kappa shape index (κ2) is 11.6. The molecule has 10 nitrogen and oxygen atoms in total. The molecule has 220 valence electrons. The van der Waals surface area contributed by atoms with E-state index < -0.39 is 5.82 Å². The van der Waals surface area contributed by atoms with Gasteiger partial charge in [-0.15, -0.1) is 0 Å². The quantitative estimate of drug-likeness (QED) is 0.265. The van der Waals surface area contributed by atoms with Crippen LogP contribution in [0.1, 0.15) is 36.0 Å². The van der Waals surface area contributed by atoms with E-state index in [0.717, 1.165) is 67.3 Å². The molecule has 0 unspecified atom stereocenters. The maximum Gasteiger partial charge on any atom is 0.150 e. The van der Waals surface area contributed by atoms with Crippen molar-refractivity contribution in [2.45, 2.75) is 38.3 Å². The number of anilines is 1. The normalized spacial score (nSPS) is 17.6. The third-order valence-corrected chi connectivity index (χ3v) is 8.01. The SMILES string of the molecule is Cc1ncc(COc2cc(F)cc(Oc3ccc(-c4nc([C@@H]5CCCN(C6COC6)C5)n5ccnc(N)c45)cc3)c2)cn1. The standard InChI is InChI=1S/C32H32FN7O3/c1-20-36-14-21(15-37-20)17-42-27-11-24(33)12-28(13-27)43-26-6-4-22(5-7-26)29-30-31(34)35-8-10-40(30)32(38-29)23-3-2-9-39(16-23)25-18-41-19-25/h4-8,10-15,23,25H,2-3,9,16-19H2,1H3,(H2,34,35)/t23-/m1/s1. The van der Waals surface area contributed by atoms with E-state index in [0.29, 0.717) is 34.9 Å². The smallest absolute Gasteiger partial charge is 0.150 e. The van der Waals surface area contributed by atoms with Crippen molar-refractivity contribution in [1.82, 2.24) is 29.2 Å². The highest BCUT2D eigenvalue weighted by Crippen LogP contribution is 2.36. The predicted molar refractivity (Wildman–Crippen MR) is 159 cm³/mol. The number of rotatable bonds is 8. The third kappa shape index (κ3) is 5.73. The molecule has 3 aromatic heterocycles. The highest BCUT2D eigenvalue weighted by molar-refractivity contribution is 5.85. The molecule has 0 radical (unpaired) electrons. The molecule has 2 N–H and O–H groups in total. The summed E-state index contributed by atoms with van der Waals surface area (Å²) in [6.07, 6.45) is 9.22.